The fraction of sp³-hybridized carbons (Fsp3) is 0.538. The molecular weight excluding hydrogens is 220 g/mol. The first-order valence-electron chi connectivity index (χ1n) is 5.86. The molecule has 0 atom stereocenters. The molecule has 0 bridgehead atoms. The van der Waals surface area contributed by atoms with E-state index < -0.39 is 0 Å². The highest BCUT2D eigenvalue weighted by molar-refractivity contribution is 6.30. The third kappa shape index (κ3) is 5.50. The molecule has 0 amide bonds. The molecule has 0 unspecified atom stereocenters. The predicted molar refractivity (Wildman–Crippen MR) is 70.9 cm³/mol. The molecule has 1 N–H and O–H groups in total. The second-order valence-corrected chi connectivity index (χ2v) is 4.55. The largest absolute Gasteiger partial charge is 0.315 e. The SMILES string of the molecule is CCCNCCN(C)Cc1cccc(Cl)c1. The fourth-order valence-corrected chi connectivity index (χ4v) is 1.81. The number of nitrogens with one attached hydrogen (secondary N) is 1. The molecule has 0 aliphatic carbocycles. The van der Waals surface area contributed by atoms with Gasteiger partial charge in [0.15, 0.2) is 0 Å². The predicted octanol–water partition coefficient (Wildman–Crippen LogP) is 2.77. The van der Waals surface area contributed by atoms with Crippen molar-refractivity contribution in [3.05, 3.63) is 34.9 Å². The van der Waals surface area contributed by atoms with Gasteiger partial charge in [0.2, 0.25) is 0 Å². The highest BCUT2D eigenvalue weighted by Gasteiger charge is 2.00. The number of benzene rings is 1. The molecule has 90 valence electrons. The van der Waals surface area contributed by atoms with Gasteiger partial charge in [-0.15, -0.1) is 0 Å². The Kier molecular flexibility index (Phi) is 6.46. The smallest absolute Gasteiger partial charge is 0.0409 e. The first kappa shape index (κ1) is 13.5. The molecule has 2 nitrogen and oxygen atoms in total. The Morgan fingerprint density at radius 2 is 2.12 bits per heavy atom. The van der Waals surface area contributed by atoms with Crippen LogP contribution in [0.2, 0.25) is 5.02 Å². The maximum atomic E-state index is 5.94. The minimum absolute atomic E-state index is 0.815. The normalized spacial score (nSPS) is 11.0. The summed E-state index contributed by atoms with van der Waals surface area (Å²) in [4.78, 5) is 2.30. The lowest BCUT2D eigenvalue weighted by atomic mass is 10.2. The Balaban J connectivity index is 2.25. The summed E-state index contributed by atoms with van der Waals surface area (Å²) in [6.45, 7) is 6.35. The zero-order valence-corrected chi connectivity index (χ0v) is 10.9. The van der Waals surface area contributed by atoms with Crippen molar-refractivity contribution in [2.75, 3.05) is 26.7 Å². The Labute approximate surface area is 104 Å². The molecule has 0 radical (unpaired) electrons. The maximum Gasteiger partial charge on any atom is 0.0409 e. The van der Waals surface area contributed by atoms with Gasteiger partial charge < -0.3 is 10.2 Å². The summed E-state index contributed by atoms with van der Waals surface area (Å²) < 4.78 is 0. The number of halogens is 1. The van der Waals surface area contributed by atoms with Crippen molar-refractivity contribution in [3.8, 4) is 0 Å². The molecule has 0 aliphatic heterocycles. The molecule has 0 saturated carbocycles. The summed E-state index contributed by atoms with van der Waals surface area (Å²) >= 11 is 5.94. The third-order valence-corrected chi connectivity index (χ3v) is 2.67. The zero-order valence-electron chi connectivity index (χ0n) is 10.2. The van der Waals surface area contributed by atoms with E-state index in [4.69, 9.17) is 11.6 Å². The highest BCUT2D eigenvalue weighted by Crippen LogP contribution is 2.11. The summed E-state index contributed by atoms with van der Waals surface area (Å²) in [6.07, 6.45) is 1.19. The van der Waals surface area contributed by atoms with Gasteiger partial charge in [0.25, 0.3) is 0 Å². The molecule has 3 heteroatoms. The molecule has 1 rings (SSSR count). The van der Waals surface area contributed by atoms with Gasteiger partial charge in [0.05, 0.1) is 0 Å². The molecule has 0 aromatic heterocycles. The lowest BCUT2D eigenvalue weighted by Crippen LogP contribution is -2.29. The van der Waals surface area contributed by atoms with Crippen LogP contribution in [0.25, 0.3) is 0 Å². The van der Waals surface area contributed by atoms with Crippen LogP contribution in [0, 0.1) is 0 Å². The van der Waals surface area contributed by atoms with Gasteiger partial charge in [-0.2, -0.15) is 0 Å². The lowest BCUT2D eigenvalue weighted by molar-refractivity contribution is 0.324. The van der Waals surface area contributed by atoms with Gasteiger partial charge in [-0.25, -0.2) is 0 Å². The van der Waals surface area contributed by atoms with Crippen LogP contribution in [0.15, 0.2) is 24.3 Å². The standard InChI is InChI=1S/C13H21ClN2/c1-3-7-15-8-9-16(2)11-12-5-4-6-13(14)10-12/h4-6,10,15H,3,7-9,11H2,1-2H3. The van der Waals surface area contributed by atoms with Crippen LogP contribution in [0.1, 0.15) is 18.9 Å². The van der Waals surface area contributed by atoms with Crippen molar-refractivity contribution < 1.29 is 0 Å². The summed E-state index contributed by atoms with van der Waals surface area (Å²) in [6, 6.07) is 8.05. The number of nitrogens with zero attached hydrogens (tertiary/aromatic N) is 1. The van der Waals surface area contributed by atoms with E-state index >= 15 is 0 Å². The molecule has 1 aromatic carbocycles. The molecule has 0 heterocycles. The van der Waals surface area contributed by atoms with Gasteiger partial charge in [-0.1, -0.05) is 30.7 Å². The van der Waals surface area contributed by atoms with E-state index in [1.54, 1.807) is 0 Å². The second-order valence-electron chi connectivity index (χ2n) is 4.12. The van der Waals surface area contributed by atoms with Gasteiger partial charge in [-0.3, -0.25) is 0 Å². The number of rotatable bonds is 7. The van der Waals surface area contributed by atoms with E-state index in [2.05, 4.69) is 30.3 Å². The third-order valence-electron chi connectivity index (χ3n) is 2.44. The van der Waals surface area contributed by atoms with Crippen LogP contribution in [0.4, 0.5) is 0 Å². The van der Waals surface area contributed by atoms with E-state index in [9.17, 15) is 0 Å². The molecule has 0 aliphatic rings. The average Bonchev–Trinajstić information content (AvgIpc) is 2.24. The van der Waals surface area contributed by atoms with Gasteiger partial charge >= 0.3 is 0 Å². The Hall–Kier alpha value is -0.570. The van der Waals surface area contributed by atoms with E-state index in [-0.39, 0.29) is 0 Å². The summed E-state index contributed by atoms with van der Waals surface area (Å²) in [5, 5.41) is 4.21. The van der Waals surface area contributed by atoms with Gasteiger partial charge in [0, 0.05) is 24.7 Å². The summed E-state index contributed by atoms with van der Waals surface area (Å²) in [5.74, 6) is 0. The lowest BCUT2D eigenvalue weighted by Gasteiger charge is -2.17. The average molecular weight is 241 g/mol. The molecule has 16 heavy (non-hydrogen) atoms. The minimum atomic E-state index is 0.815. The van der Waals surface area contributed by atoms with Crippen molar-refractivity contribution >= 4 is 11.6 Å². The second kappa shape index (κ2) is 7.66. The molecule has 0 spiro atoms. The van der Waals surface area contributed by atoms with E-state index in [1.807, 2.05) is 18.2 Å². The quantitative estimate of drug-likeness (QED) is 0.738. The molecule has 0 fully saturated rings. The first-order chi connectivity index (χ1) is 7.72. The van der Waals surface area contributed by atoms with Crippen molar-refractivity contribution in [2.24, 2.45) is 0 Å². The first-order valence-corrected chi connectivity index (χ1v) is 6.24. The summed E-state index contributed by atoms with van der Waals surface area (Å²) in [5.41, 5.74) is 1.27. The molecular formula is C13H21ClN2. The van der Waals surface area contributed by atoms with Crippen molar-refractivity contribution in [1.82, 2.24) is 10.2 Å². The highest BCUT2D eigenvalue weighted by atomic mass is 35.5. The monoisotopic (exact) mass is 240 g/mol. The zero-order chi connectivity index (χ0) is 11.8. The Morgan fingerprint density at radius 3 is 2.81 bits per heavy atom. The molecule has 0 saturated heterocycles. The van der Waals surface area contributed by atoms with E-state index in [1.165, 1.54) is 12.0 Å². The van der Waals surface area contributed by atoms with Crippen molar-refractivity contribution in [3.63, 3.8) is 0 Å². The van der Waals surface area contributed by atoms with Crippen LogP contribution < -0.4 is 5.32 Å². The van der Waals surface area contributed by atoms with Crippen molar-refractivity contribution in [2.45, 2.75) is 19.9 Å². The van der Waals surface area contributed by atoms with E-state index in [0.717, 1.165) is 31.2 Å². The number of hydrogen-bond donors (Lipinski definition) is 1. The van der Waals surface area contributed by atoms with Crippen LogP contribution in [0.5, 0.6) is 0 Å². The van der Waals surface area contributed by atoms with Crippen LogP contribution in [-0.4, -0.2) is 31.6 Å². The Bertz CT molecular complexity index is 302. The molecule has 1 aromatic rings. The van der Waals surface area contributed by atoms with Crippen LogP contribution in [0.3, 0.4) is 0 Å². The van der Waals surface area contributed by atoms with Gasteiger partial charge in [-0.05, 0) is 37.7 Å². The van der Waals surface area contributed by atoms with Crippen LogP contribution in [-0.2, 0) is 6.54 Å². The topological polar surface area (TPSA) is 15.3 Å². The maximum absolute atomic E-state index is 5.94. The van der Waals surface area contributed by atoms with Crippen molar-refractivity contribution in [1.29, 1.82) is 0 Å². The van der Waals surface area contributed by atoms with Gasteiger partial charge in [0.1, 0.15) is 0 Å². The summed E-state index contributed by atoms with van der Waals surface area (Å²) in [7, 11) is 2.13. The minimum Gasteiger partial charge on any atom is -0.315 e. The van der Waals surface area contributed by atoms with Crippen LogP contribution >= 0.6 is 11.6 Å². The van der Waals surface area contributed by atoms with E-state index in [0.29, 0.717) is 0 Å². The Morgan fingerprint density at radius 1 is 1.31 bits per heavy atom. The number of hydrogen-bond acceptors (Lipinski definition) is 2. The fourth-order valence-electron chi connectivity index (χ4n) is 1.60. The number of likely N-dealkylation sites (N-methyl/N-ethyl adjacent to an activating group) is 1.